The van der Waals surface area contributed by atoms with E-state index in [1.165, 1.54) is 5.56 Å². The molecule has 1 atom stereocenters. The fraction of sp³-hybridized carbons (Fsp3) is 0.500. The van der Waals surface area contributed by atoms with Crippen LogP contribution in [-0.4, -0.2) is 32.9 Å². The molecule has 1 aromatic carbocycles. The minimum Gasteiger partial charge on any atom is -0.489 e. The van der Waals surface area contributed by atoms with Crippen LogP contribution in [0.4, 0.5) is 11.5 Å². The molecule has 180 valence electrons. The second-order valence-electron chi connectivity index (χ2n) is 9.90. The molecule has 0 saturated heterocycles. The lowest BCUT2D eigenvalue weighted by Crippen LogP contribution is -2.29. The summed E-state index contributed by atoms with van der Waals surface area (Å²) in [5.74, 6) is 3.38. The van der Waals surface area contributed by atoms with E-state index >= 15 is 0 Å². The minimum atomic E-state index is 0.0123. The molecule has 2 aromatic heterocycles. The summed E-state index contributed by atoms with van der Waals surface area (Å²) in [6, 6.07) is 6.22. The van der Waals surface area contributed by atoms with Crippen LogP contribution in [0.25, 0.3) is 5.52 Å². The van der Waals surface area contributed by atoms with Crippen LogP contribution in [0.15, 0.2) is 30.6 Å². The maximum atomic E-state index is 11.3. The summed E-state index contributed by atoms with van der Waals surface area (Å²) in [7, 11) is 0. The number of nitrogens with two attached hydrogens (primary N) is 1. The molecular weight excluding hydrogens is 428 g/mol. The Labute approximate surface area is 200 Å². The van der Waals surface area contributed by atoms with E-state index in [4.69, 9.17) is 15.5 Å². The Hall–Kier alpha value is -3.29. The number of anilines is 2. The Kier molecular flexibility index (Phi) is 6.06. The van der Waals surface area contributed by atoms with Gasteiger partial charge in [-0.15, -0.1) is 0 Å². The number of carbonyl (C=O) groups excluding carboxylic acids is 1. The van der Waals surface area contributed by atoms with E-state index in [1.54, 1.807) is 13.1 Å². The number of benzene rings is 1. The average molecular weight is 463 g/mol. The van der Waals surface area contributed by atoms with Crippen LogP contribution in [0.3, 0.4) is 0 Å². The molecule has 4 N–H and O–H groups in total. The van der Waals surface area contributed by atoms with Crippen molar-refractivity contribution in [2.24, 2.45) is 5.92 Å². The molecule has 5 rings (SSSR count). The van der Waals surface area contributed by atoms with Crippen molar-refractivity contribution in [3.63, 3.8) is 0 Å². The number of aromatic nitrogens is 3. The van der Waals surface area contributed by atoms with Gasteiger partial charge < -0.3 is 21.1 Å². The zero-order valence-electron chi connectivity index (χ0n) is 20.2. The summed E-state index contributed by atoms with van der Waals surface area (Å²) in [5.41, 5.74) is 10.5. The molecule has 0 bridgehead atoms. The molecule has 1 unspecified atom stereocenters. The minimum absolute atomic E-state index is 0.0123. The second kappa shape index (κ2) is 9.16. The summed E-state index contributed by atoms with van der Waals surface area (Å²) >= 11 is 0. The molecule has 3 heterocycles. The Balaban J connectivity index is 1.42. The van der Waals surface area contributed by atoms with E-state index in [9.17, 15) is 4.79 Å². The van der Waals surface area contributed by atoms with Crippen molar-refractivity contribution in [3.8, 4) is 5.75 Å². The Morgan fingerprint density at radius 2 is 2.09 bits per heavy atom. The first-order valence-electron chi connectivity index (χ1n) is 12.3. The lowest BCUT2D eigenvalue weighted by Gasteiger charge is -2.27. The monoisotopic (exact) mass is 462 g/mol. The number of nitrogens with one attached hydrogen (secondary N) is 2. The first-order valence-corrected chi connectivity index (χ1v) is 12.3. The maximum Gasteiger partial charge on any atom is 0.216 e. The summed E-state index contributed by atoms with van der Waals surface area (Å²) in [4.78, 5) is 20.9. The molecule has 8 heteroatoms. The molecule has 0 radical (unpaired) electrons. The SMILES string of the molecule is CC(=O)NCC1CCC(c2nc(C3Cc4cccc(OC(C)C)c4N3)c3c(N)nccn23)CC1. The quantitative estimate of drug-likeness (QED) is 0.506. The van der Waals surface area contributed by atoms with Crippen LogP contribution in [-0.2, 0) is 11.2 Å². The molecule has 2 aliphatic rings. The molecule has 1 amide bonds. The van der Waals surface area contributed by atoms with E-state index in [0.717, 1.165) is 67.1 Å². The van der Waals surface area contributed by atoms with Gasteiger partial charge in [-0.2, -0.15) is 0 Å². The van der Waals surface area contributed by atoms with Crippen LogP contribution in [0.2, 0.25) is 0 Å². The van der Waals surface area contributed by atoms with Gasteiger partial charge in [0.25, 0.3) is 0 Å². The smallest absolute Gasteiger partial charge is 0.216 e. The lowest BCUT2D eigenvalue weighted by molar-refractivity contribution is -0.119. The normalized spacial score (nSPS) is 21.9. The lowest BCUT2D eigenvalue weighted by atomic mass is 9.81. The van der Waals surface area contributed by atoms with Crippen LogP contribution in [0.5, 0.6) is 5.75 Å². The van der Waals surface area contributed by atoms with Gasteiger partial charge in [0.2, 0.25) is 5.91 Å². The second-order valence-corrected chi connectivity index (χ2v) is 9.90. The third-order valence-corrected chi connectivity index (χ3v) is 7.04. The van der Waals surface area contributed by atoms with Crippen molar-refractivity contribution >= 4 is 22.9 Å². The number of rotatable bonds is 6. The number of amides is 1. The topological polar surface area (TPSA) is 107 Å². The number of para-hydroxylation sites is 1. The highest BCUT2D eigenvalue weighted by Crippen LogP contribution is 2.43. The predicted octanol–water partition coefficient (Wildman–Crippen LogP) is 4.22. The van der Waals surface area contributed by atoms with Crippen LogP contribution in [0.1, 0.15) is 75.5 Å². The number of nitrogens with zero attached hydrogens (tertiary/aromatic N) is 3. The van der Waals surface area contributed by atoms with E-state index in [-0.39, 0.29) is 18.1 Å². The van der Waals surface area contributed by atoms with Crippen molar-refractivity contribution in [1.82, 2.24) is 19.7 Å². The van der Waals surface area contributed by atoms with Crippen molar-refractivity contribution in [2.45, 2.75) is 70.9 Å². The maximum absolute atomic E-state index is 11.3. The van der Waals surface area contributed by atoms with Gasteiger partial charge in [-0.05, 0) is 57.1 Å². The van der Waals surface area contributed by atoms with Crippen molar-refractivity contribution in [3.05, 3.63) is 47.7 Å². The van der Waals surface area contributed by atoms with E-state index in [0.29, 0.717) is 17.7 Å². The summed E-state index contributed by atoms with van der Waals surface area (Å²) in [6.45, 7) is 6.42. The van der Waals surface area contributed by atoms with E-state index < -0.39 is 0 Å². The van der Waals surface area contributed by atoms with Gasteiger partial charge in [-0.1, -0.05) is 12.1 Å². The fourth-order valence-corrected chi connectivity index (χ4v) is 5.43. The molecule has 0 spiro atoms. The molecular formula is C26H34N6O2. The van der Waals surface area contributed by atoms with E-state index in [2.05, 4.69) is 26.1 Å². The van der Waals surface area contributed by atoms with Crippen molar-refractivity contribution < 1.29 is 9.53 Å². The Morgan fingerprint density at radius 3 is 2.82 bits per heavy atom. The molecule has 1 aliphatic heterocycles. The number of carbonyl (C=O) groups is 1. The van der Waals surface area contributed by atoms with Crippen LogP contribution < -0.4 is 21.1 Å². The zero-order valence-corrected chi connectivity index (χ0v) is 20.2. The van der Waals surface area contributed by atoms with Gasteiger partial charge in [-0.3, -0.25) is 9.20 Å². The number of hydrogen-bond acceptors (Lipinski definition) is 6. The van der Waals surface area contributed by atoms with Gasteiger partial charge >= 0.3 is 0 Å². The highest BCUT2D eigenvalue weighted by Gasteiger charge is 2.32. The van der Waals surface area contributed by atoms with E-state index in [1.807, 2.05) is 32.2 Å². The molecule has 1 aliphatic carbocycles. The molecule has 8 nitrogen and oxygen atoms in total. The van der Waals surface area contributed by atoms with Crippen LogP contribution in [0, 0.1) is 5.92 Å². The largest absolute Gasteiger partial charge is 0.489 e. The number of imidazole rings is 1. The van der Waals surface area contributed by atoms with Gasteiger partial charge in [-0.25, -0.2) is 9.97 Å². The standard InChI is InChI=1S/C26H34N6O2/c1-15(2)34-21-6-4-5-19-13-20(30-22(19)21)23-24-25(27)28-11-12-32(24)26(31-23)18-9-7-17(8-10-18)14-29-16(3)33/h4-6,11-12,15,17-18,20,30H,7-10,13-14H2,1-3H3,(H2,27,28)(H,29,33). The number of fused-ring (bicyclic) bond motifs is 2. The summed E-state index contributed by atoms with van der Waals surface area (Å²) in [6.07, 6.45) is 8.94. The third kappa shape index (κ3) is 4.29. The highest BCUT2D eigenvalue weighted by atomic mass is 16.5. The molecule has 1 saturated carbocycles. The third-order valence-electron chi connectivity index (χ3n) is 7.04. The summed E-state index contributed by atoms with van der Waals surface area (Å²) < 4.78 is 8.19. The molecule has 3 aromatic rings. The van der Waals surface area contributed by atoms with Crippen molar-refractivity contribution in [2.75, 3.05) is 17.6 Å². The first kappa shape index (κ1) is 22.5. The fourth-order valence-electron chi connectivity index (χ4n) is 5.43. The number of nitrogen functional groups attached to an aromatic ring is 1. The Bertz CT molecular complexity index is 1200. The highest BCUT2D eigenvalue weighted by molar-refractivity contribution is 5.74. The van der Waals surface area contributed by atoms with Gasteiger partial charge in [0.1, 0.15) is 22.9 Å². The van der Waals surface area contributed by atoms with Gasteiger partial charge in [0.05, 0.1) is 23.5 Å². The zero-order chi connectivity index (χ0) is 23.8. The number of ether oxygens (including phenoxy) is 1. The average Bonchev–Trinajstić information content (AvgIpc) is 3.41. The molecule has 34 heavy (non-hydrogen) atoms. The predicted molar refractivity (Wildman–Crippen MR) is 133 cm³/mol. The van der Waals surface area contributed by atoms with Gasteiger partial charge in [0.15, 0.2) is 0 Å². The summed E-state index contributed by atoms with van der Waals surface area (Å²) in [5, 5.41) is 6.64. The number of hydrogen-bond donors (Lipinski definition) is 3. The first-order chi connectivity index (χ1) is 16.4. The van der Waals surface area contributed by atoms with Gasteiger partial charge in [0, 0.05) is 38.2 Å². The van der Waals surface area contributed by atoms with Crippen LogP contribution >= 0.6 is 0 Å². The van der Waals surface area contributed by atoms with Crippen molar-refractivity contribution in [1.29, 1.82) is 0 Å². The Morgan fingerprint density at radius 1 is 1.29 bits per heavy atom. The molecule has 1 fully saturated rings.